The van der Waals surface area contributed by atoms with Crippen molar-refractivity contribution in [3.05, 3.63) is 163 Å². The van der Waals surface area contributed by atoms with Gasteiger partial charge in [0.05, 0.1) is 0 Å². The first kappa shape index (κ1) is 28.2. The van der Waals surface area contributed by atoms with Gasteiger partial charge in [0, 0.05) is 42.6 Å². The zero-order valence-corrected chi connectivity index (χ0v) is 27.9. The molecule has 3 nitrogen and oxygen atoms in total. The zero-order chi connectivity index (χ0) is 32.7. The zero-order valence-electron chi connectivity index (χ0n) is 27.1. The third kappa shape index (κ3) is 4.41. The summed E-state index contributed by atoms with van der Waals surface area (Å²) in [7, 11) is 0. The fourth-order valence-corrected chi connectivity index (χ4v) is 8.77. The van der Waals surface area contributed by atoms with Crippen molar-refractivity contribution in [1.82, 2.24) is 0 Å². The number of anilines is 3. The molecule has 0 N–H and O–H groups in total. The first-order chi connectivity index (χ1) is 24.0. The maximum absolute atomic E-state index is 6.57. The molecule has 234 valence electrons. The predicted molar refractivity (Wildman–Crippen MR) is 204 cm³/mol. The van der Waals surface area contributed by atoms with Gasteiger partial charge in [-0.15, -0.1) is 11.3 Å². The molecule has 0 bridgehead atoms. The molecule has 0 fully saturated rings. The van der Waals surface area contributed by atoms with E-state index in [1.54, 1.807) is 0 Å². The first-order valence-corrected chi connectivity index (χ1v) is 17.5. The number of nitrogens with zero attached hydrogens (tertiary/aromatic N) is 1. The molecule has 7 aromatic carbocycles. The minimum Gasteiger partial charge on any atom is -0.450 e. The molecule has 0 radical (unpaired) electrons. The van der Waals surface area contributed by atoms with Crippen LogP contribution >= 0.6 is 11.3 Å². The average Bonchev–Trinajstić information content (AvgIpc) is 3.61. The number of ether oxygens (including phenoxy) is 2. The molecular weight excluding hydrogens is 619 g/mol. The van der Waals surface area contributed by atoms with Gasteiger partial charge in [-0.05, 0) is 106 Å². The molecule has 8 aromatic rings. The second kappa shape index (κ2) is 10.6. The smallest absolute Gasteiger partial charge is 0.170 e. The van der Waals surface area contributed by atoms with Crippen LogP contribution in [0.4, 0.5) is 17.1 Å². The molecule has 0 saturated heterocycles. The minimum absolute atomic E-state index is 0.0928. The van der Waals surface area contributed by atoms with Crippen molar-refractivity contribution in [2.24, 2.45) is 0 Å². The number of benzene rings is 7. The second-order valence-corrected chi connectivity index (χ2v) is 14.5. The Bertz CT molecular complexity index is 2550. The molecule has 2 heterocycles. The van der Waals surface area contributed by atoms with Crippen LogP contribution in [0, 0.1) is 0 Å². The van der Waals surface area contributed by atoms with E-state index >= 15 is 0 Å². The first-order valence-electron chi connectivity index (χ1n) is 16.7. The third-order valence-corrected chi connectivity index (χ3v) is 11.2. The van der Waals surface area contributed by atoms with E-state index in [0.717, 1.165) is 51.2 Å². The van der Waals surface area contributed by atoms with E-state index in [0.29, 0.717) is 0 Å². The molecular formula is C45H31NO2S. The molecule has 0 unspecified atom stereocenters. The number of fused-ring (bicyclic) bond motifs is 8. The highest BCUT2D eigenvalue weighted by Gasteiger charge is 2.37. The van der Waals surface area contributed by atoms with Crippen LogP contribution in [-0.4, -0.2) is 0 Å². The van der Waals surface area contributed by atoms with Crippen LogP contribution in [0.3, 0.4) is 0 Å². The maximum atomic E-state index is 6.57. The Balaban J connectivity index is 1.00. The lowest BCUT2D eigenvalue weighted by Gasteiger charge is -2.25. The standard InChI is InChI=1S/C45H31NO2S/c1-45(2)37-16-10-9-15-33(37)35-26-41-42(27-38(35)45)47-39-21-18-28(23-40(39)48-41)29-17-20-34-36-25-32(19-22-43(36)49-44(34)24-29)46(30-11-5-3-6-12-30)31-13-7-4-8-14-31/h3-27H,1-2H3. The molecule has 4 heteroatoms. The van der Waals surface area contributed by atoms with E-state index in [9.17, 15) is 0 Å². The summed E-state index contributed by atoms with van der Waals surface area (Å²) in [5.41, 5.74) is 10.7. The minimum atomic E-state index is -0.0928. The van der Waals surface area contributed by atoms with Crippen molar-refractivity contribution >= 4 is 48.6 Å². The van der Waals surface area contributed by atoms with Crippen LogP contribution in [0.5, 0.6) is 23.0 Å². The monoisotopic (exact) mass is 649 g/mol. The van der Waals surface area contributed by atoms with Crippen LogP contribution in [0.1, 0.15) is 25.0 Å². The Labute approximate surface area is 289 Å². The van der Waals surface area contributed by atoms with Crippen molar-refractivity contribution < 1.29 is 9.47 Å². The predicted octanol–water partition coefficient (Wildman–Crippen LogP) is 13.4. The van der Waals surface area contributed by atoms with Gasteiger partial charge >= 0.3 is 0 Å². The van der Waals surface area contributed by atoms with Crippen molar-refractivity contribution in [3.8, 4) is 45.3 Å². The van der Waals surface area contributed by atoms with Crippen molar-refractivity contribution in [1.29, 1.82) is 0 Å². The fraction of sp³-hybridized carbons (Fsp3) is 0.0667. The van der Waals surface area contributed by atoms with Gasteiger partial charge in [-0.25, -0.2) is 0 Å². The Morgan fingerprint density at radius 2 is 1.10 bits per heavy atom. The molecule has 49 heavy (non-hydrogen) atoms. The number of rotatable bonds is 4. The molecule has 0 amide bonds. The Hall–Kier alpha value is -5.84. The van der Waals surface area contributed by atoms with Crippen LogP contribution < -0.4 is 14.4 Å². The van der Waals surface area contributed by atoms with E-state index in [-0.39, 0.29) is 5.41 Å². The summed E-state index contributed by atoms with van der Waals surface area (Å²) in [5, 5.41) is 2.52. The van der Waals surface area contributed by atoms with Gasteiger partial charge in [-0.2, -0.15) is 0 Å². The topological polar surface area (TPSA) is 21.7 Å². The summed E-state index contributed by atoms with van der Waals surface area (Å²) in [6.45, 7) is 4.56. The van der Waals surface area contributed by atoms with E-state index in [1.165, 1.54) is 42.4 Å². The SMILES string of the molecule is CC1(C)c2ccccc2-c2cc3c(cc21)Oc1ccc(-c2ccc4c(c2)sc2ccc(N(c5ccccc5)c5ccccc5)cc24)cc1O3. The van der Waals surface area contributed by atoms with Crippen LogP contribution in [-0.2, 0) is 5.41 Å². The lowest BCUT2D eigenvalue weighted by molar-refractivity contribution is 0.359. The van der Waals surface area contributed by atoms with E-state index in [2.05, 4.69) is 164 Å². The van der Waals surface area contributed by atoms with E-state index in [1.807, 2.05) is 17.4 Å². The van der Waals surface area contributed by atoms with Crippen LogP contribution in [0.25, 0.3) is 42.4 Å². The van der Waals surface area contributed by atoms with Crippen LogP contribution in [0.15, 0.2) is 152 Å². The fourth-order valence-electron chi connectivity index (χ4n) is 7.64. The van der Waals surface area contributed by atoms with Gasteiger partial charge in [-0.3, -0.25) is 0 Å². The summed E-state index contributed by atoms with van der Waals surface area (Å²) in [5.74, 6) is 3.00. The van der Waals surface area contributed by atoms with E-state index < -0.39 is 0 Å². The van der Waals surface area contributed by atoms with Gasteiger partial charge in [0.1, 0.15) is 0 Å². The van der Waals surface area contributed by atoms with Crippen molar-refractivity contribution in [2.45, 2.75) is 19.3 Å². The Morgan fingerprint density at radius 1 is 0.449 bits per heavy atom. The Kier molecular flexibility index (Phi) is 6.09. The van der Waals surface area contributed by atoms with Crippen molar-refractivity contribution in [3.63, 3.8) is 0 Å². The molecule has 10 rings (SSSR count). The van der Waals surface area contributed by atoms with Crippen molar-refractivity contribution in [2.75, 3.05) is 4.90 Å². The highest BCUT2D eigenvalue weighted by atomic mass is 32.1. The van der Waals surface area contributed by atoms with Gasteiger partial charge in [0.15, 0.2) is 23.0 Å². The second-order valence-electron chi connectivity index (χ2n) is 13.4. The molecule has 1 aliphatic carbocycles. The quantitative estimate of drug-likeness (QED) is 0.189. The van der Waals surface area contributed by atoms with Gasteiger partial charge in [0.2, 0.25) is 0 Å². The number of thiophene rings is 1. The number of hydrogen-bond acceptors (Lipinski definition) is 4. The maximum Gasteiger partial charge on any atom is 0.170 e. The number of hydrogen-bond donors (Lipinski definition) is 0. The Morgan fingerprint density at radius 3 is 1.90 bits per heavy atom. The lowest BCUT2D eigenvalue weighted by Crippen LogP contribution is -2.15. The largest absolute Gasteiger partial charge is 0.450 e. The van der Waals surface area contributed by atoms with Gasteiger partial charge < -0.3 is 14.4 Å². The lowest BCUT2D eigenvalue weighted by atomic mass is 9.82. The molecule has 0 saturated carbocycles. The highest BCUT2D eigenvalue weighted by molar-refractivity contribution is 7.25. The summed E-state index contributed by atoms with van der Waals surface area (Å²) < 4.78 is 15.6. The third-order valence-electron chi connectivity index (χ3n) is 10.1. The average molecular weight is 650 g/mol. The summed E-state index contributed by atoms with van der Waals surface area (Å²) in [6.07, 6.45) is 0. The van der Waals surface area contributed by atoms with E-state index in [4.69, 9.17) is 9.47 Å². The van der Waals surface area contributed by atoms with Crippen LogP contribution in [0.2, 0.25) is 0 Å². The number of para-hydroxylation sites is 2. The normalized spacial score (nSPS) is 13.6. The molecule has 0 atom stereocenters. The highest BCUT2D eigenvalue weighted by Crippen LogP contribution is 2.55. The summed E-state index contributed by atoms with van der Waals surface area (Å²) in [4.78, 5) is 2.32. The summed E-state index contributed by atoms with van der Waals surface area (Å²) in [6, 6.07) is 54.0. The van der Waals surface area contributed by atoms with Gasteiger partial charge in [-0.1, -0.05) is 92.7 Å². The molecule has 0 spiro atoms. The van der Waals surface area contributed by atoms with Gasteiger partial charge in [0.25, 0.3) is 0 Å². The summed E-state index contributed by atoms with van der Waals surface area (Å²) >= 11 is 1.83. The molecule has 1 aliphatic heterocycles. The molecule has 1 aromatic heterocycles. The molecule has 2 aliphatic rings.